The first-order valence-corrected chi connectivity index (χ1v) is 5.61. The Kier molecular flexibility index (Phi) is 3.01. The van der Waals surface area contributed by atoms with Crippen LogP contribution in [0.4, 0.5) is 0 Å². The molecule has 0 radical (unpaired) electrons. The van der Waals surface area contributed by atoms with Gasteiger partial charge in [0.25, 0.3) is 0 Å². The van der Waals surface area contributed by atoms with Crippen LogP contribution in [-0.4, -0.2) is 23.9 Å². The number of likely N-dealkylation sites (tertiary alicyclic amines) is 1. The number of carbonyl (C=O) groups is 1. The number of hydrogen-bond acceptors (Lipinski definition) is 1. The summed E-state index contributed by atoms with van der Waals surface area (Å²) in [5, 5.41) is 0. The van der Waals surface area contributed by atoms with Crippen molar-refractivity contribution in [2.75, 3.05) is 7.05 Å². The van der Waals surface area contributed by atoms with E-state index in [-0.39, 0.29) is 11.9 Å². The number of carbonyl (C=O) groups excluding carboxylic acids is 1. The molecule has 0 N–H and O–H groups in total. The Bertz CT molecular complexity index is 533. The van der Waals surface area contributed by atoms with Gasteiger partial charge in [-0.2, -0.15) is 0 Å². The van der Waals surface area contributed by atoms with Gasteiger partial charge in [0.05, 0.1) is 6.04 Å². The highest BCUT2D eigenvalue weighted by atomic mass is 16.2. The van der Waals surface area contributed by atoms with Gasteiger partial charge < -0.3 is 4.90 Å². The lowest BCUT2D eigenvalue weighted by Gasteiger charge is -2.12. The van der Waals surface area contributed by atoms with Crippen LogP contribution in [0.3, 0.4) is 0 Å². The van der Waals surface area contributed by atoms with Crippen molar-refractivity contribution in [2.45, 2.75) is 19.4 Å². The third-order valence-electron chi connectivity index (χ3n) is 2.93. The standard InChI is InChI=1S/C15H15NO/c1-11-5-4-6-13(9-11)7-8-14-10-12(2)15(17)16(14)3/h4-6,9,14H,2,10H2,1,3H3. The zero-order valence-corrected chi connectivity index (χ0v) is 10.2. The molecule has 17 heavy (non-hydrogen) atoms. The van der Waals surface area contributed by atoms with E-state index < -0.39 is 0 Å². The van der Waals surface area contributed by atoms with Gasteiger partial charge in [0.2, 0.25) is 5.91 Å². The van der Waals surface area contributed by atoms with Crippen molar-refractivity contribution in [3.05, 3.63) is 47.5 Å². The van der Waals surface area contributed by atoms with Crippen LogP contribution in [0.25, 0.3) is 0 Å². The molecule has 0 aromatic heterocycles. The number of rotatable bonds is 0. The second-order valence-corrected chi connectivity index (χ2v) is 4.38. The van der Waals surface area contributed by atoms with E-state index in [0.717, 1.165) is 5.56 Å². The van der Waals surface area contributed by atoms with Crippen LogP contribution in [0.15, 0.2) is 36.4 Å². The molecule has 1 unspecified atom stereocenters. The van der Waals surface area contributed by atoms with Crippen molar-refractivity contribution in [3.63, 3.8) is 0 Å². The van der Waals surface area contributed by atoms with Gasteiger partial charge in [-0.15, -0.1) is 0 Å². The Morgan fingerprint density at radius 2 is 2.24 bits per heavy atom. The van der Waals surface area contributed by atoms with Gasteiger partial charge in [0, 0.05) is 24.6 Å². The first-order valence-electron chi connectivity index (χ1n) is 5.61. The summed E-state index contributed by atoms with van der Waals surface area (Å²) in [6, 6.07) is 8.01. The van der Waals surface area contributed by atoms with Crippen LogP contribution in [0.2, 0.25) is 0 Å². The molecule has 1 aromatic rings. The van der Waals surface area contributed by atoms with E-state index in [1.165, 1.54) is 5.56 Å². The summed E-state index contributed by atoms with van der Waals surface area (Å²) in [4.78, 5) is 13.2. The Morgan fingerprint density at radius 3 is 2.82 bits per heavy atom. The summed E-state index contributed by atoms with van der Waals surface area (Å²) in [6.45, 7) is 5.79. The minimum Gasteiger partial charge on any atom is -0.328 e. The number of nitrogens with zero attached hydrogens (tertiary/aromatic N) is 1. The monoisotopic (exact) mass is 225 g/mol. The number of hydrogen-bond donors (Lipinski definition) is 0. The lowest BCUT2D eigenvalue weighted by atomic mass is 10.1. The van der Waals surface area contributed by atoms with Gasteiger partial charge >= 0.3 is 0 Å². The maximum absolute atomic E-state index is 11.5. The average Bonchev–Trinajstić information content (AvgIpc) is 2.54. The number of amides is 1. The smallest absolute Gasteiger partial charge is 0.250 e. The predicted octanol–water partition coefficient (Wildman–Crippen LogP) is 2.13. The quantitative estimate of drug-likeness (QED) is 0.489. The molecule has 0 bridgehead atoms. The summed E-state index contributed by atoms with van der Waals surface area (Å²) in [5.74, 6) is 6.25. The topological polar surface area (TPSA) is 20.3 Å². The molecule has 2 heteroatoms. The van der Waals surface area contributed by atoms with Gasteiger partial charge in [-0.3, -0.25) is 4.79 Å². The normalized spacial score (nSPS) is 19.2. The zero-order chi connectivity index (χ0) is 12.4. The fraction of sp³-hybridized carbons (Fsp3) is 0.267. The lowest BCUT2D eigenvalue weighted by Crippen LogP contribution is -2.27. The highest BCUT2D eigenvalue weighted by molar-refractivity contribution is 5.95. The third-order valence-corrected chi connectivity index (χ3v) is 2.93. The molecule has 0 spiro atoms. The molecule has 1 aliphatic heterocycles. The maximum atomic E-state index is 11.5. The van der Waals surface area contributed by atoms with E-state index in [4.69, 9.17) is 0 Å². The van der Waals surface area contributed by atoms with Crippen molar-refractivity contribution in [2.24, 2.45) is 0 Å². The first kappa shape index (κ1) is 11.5. The number of benzene rings is 1. The fourth-order valence-electron chi connectivity index (χ4n) is 1.89. The van der Waals surface area contributed by atoms with Crippen LogP contribution < -0.4 is 0 Å². The molecule has 1 atom stereocenters. The van der Waals surface area contributed by atoms with Crippen molar-refractivity contribution < 1.29 is 4.79 Å². The van der Waals surface area contributed by atoms with Gasteiger partial charge in [0.15, 0.2) is 0 Å². The van der Waals surface area contributed by atoms with Crippen LogP contribution in [-0.2, 0) is 4.79 Å². The molecule has 0 saturated carbocycles. The third kappa shape index (κ3) is 2.39. The van der Waals surface area contributed by atoms with E-state index in [1.807, 2.05) is 31.2 Å². The molecule has 86 valence electrons. The van der Waals surface area contributed by atoms with Gasteiger partial charge in [-0.1, -0.05) is 30.6 Å². The minimum atomic E-state index is -0.0319. The van der Waals surface area contributed by atoms with Gasteiger partial charge in [-0.05, 0) is 24.6 Å². The van der Waals surface area contributed by atoms with Crippen LogP contribution in [0.5, 0.6) is 0 Å². The van der Waals surface area contributed by atoms with E-state index in [1.54, 1.807) is 11.9 Å². The highest BCUT2D eigenvalue weighted by Crippen LogP contribution is 2.20. The number of aryl methyl sites for hydroxylation is 1. The molecule has 1 aromatic carbocycles. The molecule has 1 saturated heterocycles. The first-order chi connectivity index (χ1) is 8.08. The molecule has 1 heterocycles. The predicted molar refractivity (Wildman–Crippen MR) is 68.4 cm³/mol. The average molecular weight is 225 g/mol. The Labute approximate surface area is 102 Å². The molecule has 2 nitrogen and oxygen atoms in total. The zero-order valence-electron chi connectivity index (χ0n) is 10.2. The summed E-state index contributed by atoms with van der Waals surface area (Å²) in [6.07, 6.45) is 0.647. The fourth-order valence-corrected chi connectivity index (χ4v) is 1.89. The van der Waals surface area contributed by atoms with Gasteiger partial charge in [0.1, 0.15) is 0 Å². The van der Waals surface area contributed by atoms with Crippen LogP contribution in [0, 0.1) is 18.8 Å². The molecular formula is C15H15NO. The van der Waals surface area contributed by atoms with E-state index in [9.17, 15) is 4.79 Å². The molecule has 1 amide bonds. The highest BCUT2D eigenvalue weighted by Gasteiger charge is 2.29. The van der Waals surface area contributed by atoms with Crippen LogP contribution in [0.1, 0.15) is 17.5 Å². The van der Waals surface area contributed by atoms with Crippen molar-refractivity contribution in [1.82, 2.24) is 4.90 Å². The van der Waals surface area contributed by atoms with E-state index in [0.29, 0.717) is 12.0 Å². The SMILES string of the molecule is C=C1CC(C#Cc2cccc(C)c2)N(C)C1=O. The summed E-state index contributed by atoms with van der Waals surface area (Å²) in [5.41, 5.74) is 2.83. The van der Waals surface area contributed by atoms with Crippen molar-refractivity contribution in [3.8, 4) is 11.8 Å². The lowest BCUT2D eigenvalue weighted by molar-refractivity contribution is -0.124. The van der Waals surface area contributed by atoms with Crippen molar-refractivity contribution >= 4 is 5.91 Å². The van der Waals surface area contributed by atoms with Gasteiger partial charge in [-0.25, -0.2) is 0 Å². The molecular weight excluding hydrogens is 210 g/mol. The van der Waals surface area contributed by atoms with E-state index in [2.05, 4.69) is 18.4 Å². The molecule has 1 aliphatic rings. The van der Waals surface area contributed by atoms with E-state index >= 15 is 0 Å². The Morgan fingerprint density at radius 1 is 1.47 bits per heavy atom. The van der Waals surface area contributed by atoms with Crippen molar-refractivity contribution in [1.29, 1.82) is 0 Å². The summed E-state index contributed by atoms with van der Waals surface area (Å²) in [7, 11) is 1.77. The largest absolute Gasteiger partial charge is 0.328 e. The maximum Gasteiger partial charge on any atom is 0.250 e. The Hall–Kier alpha value is -2.01. The van der Waals surface area contributed by atoms with Crippen LogP contribution >= 0.6 is 0 Å². The minimum absolute atomic E-state index is 0.00791. The molecule has 1 fully saturated rings. The molecule has 2 rings (SSSR count). The summed E-state index contributed by atoms with van der Waals surface area (Å²) >= 11 is 0. The Balaban J connectivity index is 2.18. The number of likely N-dealkylation sites (N-methyl/N-ethyl adjacent to an activating group) is 1. The second kappa shape index (κ2) is 4.47. The second-order valence-electron chi connectivity index (χ2n) is 4.38. The molecule has 0 aliphatic carbocycles. The summed E-state index contributed by atoms with van der Waals surface area (Å²) < 4.78 is 0.